The summed E-state index contributed by atoms with van der Waals surface area (Å²) in [5, 5.41) is 2.53. The fraction of sp³-hybridized carbons (Fsp3) is 0.533. The van der Waals surface area contributed by atoms with E-state index >= 15 is 0 Å². The van der Waals surface area contributed by atoms with Crippen LogP contribution in [0.2, 0.25) is 0 Å². The molecule has 0 unspecified atom stereocenters. The largest absolute Gasteiger partial charge is 0.355 e. The Morgan fingerprint density at radius 2 is 1.60 bits per heavy atom. The topological polar surface area (TPSA) is 113 Å². The third-order valence-corrected chi connectivity index (χ3v) is 7.38. The summed E-state index contributed by atoms with van der Waals surface area (Å²) in [6.07, 6.45) is 1.65. The van der Waals surface area contributed by atoms with E-state index in [-0.39, 0.29) is 9.79 Å². The molecule has 0 spiro atoms. The van der Waals surface area contributed by atoms with Gasteiger partial charge in [-0.2, -0.15) is 9.03 Å². The lowest BCUT2D eigenvalue weighted by molar-refractivity contribution is -0.122. The van der Waals surface area contributed by atoms with Crippen LogP contribution >= 0.6 is 0 Å². The number of nitrogens with zero attached hydrogens (tertiary/aromatic N) is 1. The van der Waals surface area contributed by atoms with E-state index in [1.165, 1.54) is 35.5 Å². The Hall–Kier alpha value is -1.49. The molecule has 2 N–H and O–H groups in total. The van der Waals surface area contributed by atoms with Gasteiger partial charge in [0.05, 0.1) is 15.8 Å². The van der Waals surface area contributed by atoms with Crippen LogP contribution in [0.15, 0.2) is 34.1 Å². The van der Waals surface area contributed by atoms with E-state index in [0.29, 0.717) is 19.6 Å². The van der Waals surface area contributed by atoms with Crippen molar-refractivity contribution in [1.82, 2.24) is 14.3 Å². The second kappa shape index (κ2) is 7.81. The van der Waals surface area contributed by atoms with Crippen LogP contribution in [0.3, 0.4) is 0 Å². The molecule has 1 amide bonds. The number of benzene rings is 1. The van der Waals surface area contributed by atoms with Crippen molar-refractivity contribution in [3.8, 4) is 0 Å². The van der Waals surface area contributed by atoms with E-state index in [0.717, 1.165) is 12.8 Å². The zero-order valence-corrected chi connectivity index (χ0v) is 15.9. The first-order chi connectivity index (χ1) is 11.7. The van der Waals surface area contributed by atoms with Gasteiger partial charge in [-0.1, -0.05) is 0 Å². The highest BCUT2D eigenvalue weighted by Crippen LogP contribution is 2.22. The minimum absolute atomic E-state index is 0.0603. The van der Waals surface area contributed by atoms with Gasteiger partial charge in [-0.15, -0.1) is 0 Å². The van der Waals surface area contributed by atoms with Crippen LogP contribution < -0.4 is 10.0 Å². The van der Waals surface area contributed by atoms with E-state index in [4.69, 9.17) is 0 Å². The quantitative estimate of drug-likeness (QED) is 0.695. The predicted octanol–water partition coefficient (Wildman–Crippen LogP) is 0.274. The highest BCUT2D eigenvalue weighted by atomic mass is 32.2. The lowest BCUT2D eigenvalue weighted by atomic mass is 10.3. The van der Waals surface area contributed by atoms with Crippen molar-refractivity contribution < 1.29 is 21.6 Å². The molecule has 1 atom stereocenters. The Bertz CT molecular complexity index is 813. The second-order valence-corrected chi connectivity index (χ2v) is 9.47. The van der Waals surface area contributed by atoms with Crippen molar-refractivity contribution >= 4 is 26.0 Å². The normalized spacial score (nSPS) is 17.4. The number of nitrogens with one attached hydrogen (secondary N) is 2. The molecule has 0 radical (unpaired) electrons. The average molecular weight is 389 g/mol. The van der Waals surface area contributed by atoms with Gasteiger partial charge in [0.25, 0.3) is 0 Å². The SMILES string of the molecule is CCNC(=O)[C@H](C)NS(=O)(=O)c1ccc(S(=O)(=O)N2CCCC2)cc1. The Labute approximate surface area is 148 Å². The maximum absolute atomic E-state index is 12.4. The number of amides is 1. The minimum atomic E-state index is -3.92. The molecule has 1 saturated heterocycles. The van der Waals surface area contributed by atoms with E-state index in [2.05, 4.69) is 10.0 Å². The van der Waals surface area contributed by atoms with Crippen LogP contribution in [0.25, 0.3) is 0 Å². The van der Waals surface area contributed by atoms with Gasteiger partial charge in [0, 0.05) is 19.6 Å². The Balaban J connectivity index is 2.17. The lowest BCUT2D eigenvalue weighted by Crippen LogP contribution is -2.44. The van der Waals surface area contributed by atoms with Gasteiger partial charge in [0.15, 0.2) is 0 Å². The molecule has 1 aromatic rings. The molecule has 25 heavy (non-hydrogen) atoms. The Morgan fingerprint density at radius 1 is 1.08 bits per heavy atom. The van der Waals surface area contributed by atoms with Gasteiger partial charge in [-0.3, -0.25) is 4.79 Å². The molecule has 1 heterocycles. The molecule has 2 rings (SSSR count). The first kappa shape index (κ1) is 19.8. The molecule has 0 aliphatic carbocycles. The van der Waals surface area contributed by atoms with E-state index in [9.17, 15) is 21.6 Å². The summed E-state index contributed by atoms with van der Waals surface area (Å²) >= 11 is 0. The molecule has 1 fully saturated rings. The first-order valence-electron chi connectivity index (χ1n) is 8.08. The summed E-state index contributed by atoms with van der Waals surface area (Å²) in [5.41, 5.74) is 0. The smallest absolute Gasteiger partial charge is 0.243 e. The third kappa shape index (κ3) is 4.57. The van der Waals surface area contributed by atoms with Crippen molar-refractivity contribution in [2.45, 2.75) is 42.5 Å². The second-order valence-electron chi connectivity index (χ2n) is 5.82. The standard InChI is InChI=1S/C15H23N3O5S2/c1-3-16-15(19)12(2)17-24(20,21)13-6-8-14(9-7-13)25(22,23)18-10-4-5-11-18/h6-9,12,17H,3-5,10-11H2,1-2H3,(H,16,19)/t12-/m0/s1. The van der Waals surface area contributed by atoms with Gasteiger partial charge >= 0.3 is 0 Å². The van der Waals surface area contributed by atoms with Crippen molar-refractivity contribution in [3.63, 3.8) is 0 Å². The van der Waals surface area contributed by atoms with Gasteiger partial charge < -0.3 is 5.32 Å². The number of rotatable bonds is 7. The lowest BCUT2D eigenvalue weighted by Gasteiger charge is -2.16. The van der Waals surface area contributed by atoms with E-state index < -0.39 is 32.0 Å². The molecular weight excluding hydrogens is 366 g/mol. The summed E-state index contributed by atoms with van der Waals surface area (Å²) in [6.45, 7) is 4.53. The zero-order valence-electron chi connectivity index (χ0n) is 14.2. The number of likely N-dealkylation sites (N-methyl/N-ethyl adjacent to an activating group) is 1. The van der Waals surface area contributed by atoms with Crippen LogP contribution in [0.4, 0.5) is 0 Å². The predicted molar refractivity (Wildman–Crippen MR) is 92.9 cm³/mol. The van der Waals surface area contributed by atoms with Crippen LogP contribution in [-0.4, -0.2) is 52.7 Å². The van der Waals surface area contributed by atoms with E-state index in [1.807, 2.05) is 0 Å². The third-order valence-electron chi connectivity index (χ3n) is 3.91. The fourth-order valence-electron chi connectivity index (χ4n) is 2.55. The molecule has 8 nitrogen and oxygen atoms in total. The Kier molecular flexibility index (Phi) is 6.20. The number of carbonyl (C=O) groups excluding carboxylic acids is 1. The van der Waals surface area contributed by atoms with Crippen LogP contribution in [-0.2, 0) is 24.8 Å². The maximum atomic E-state index is 12.4. The van der Waals surface area contributed by atoms with Gasteiger partial charge in [0.1, 0.15) is 0 Å². The molecule has 10 heteroatoms. The molecule has 1 aromatic carbocycles. The molecule has 0 saturated carbocycles. The number of carbonyl (C=O) groups is 1. The van der Waals surface area contributed by atoms with Gasteiger partial charge in [-0.25, -0.2) is 16.8 Å². The minimum Gasteiger partial charge on any atom is -0.355 e. The van der Waals surface area contributed by atoms with Crippen LogP contribution in [0, 0.1) is 0 Å². The van der Waals surface area contributed by atoms with Crippen LogP contribution in [0.1, 0.15) is 26.7 Å². The first-order valence-corrected chi connectivity index (χ1v) is 11.0. The summed E-state index contributed by atoms with van der Waals surface area (Å²) in [6, 6.07) is 4.08. The summed E-state index contributed by atoms with van der Waals surface area (Å²) < 4.78 is 53.2. The van der Waals surface area contributed by atoms with Crippen molar-refractivity contribution in [2.75, 3.05) is 19.6 Å². The van der Waals surface area contributed by atoms with Crippen molar-refractivity contribution in [1.29, 1.82) is 0 Å². The average Bonchev–Trinajstić information content (AvgIpc) is 3.10. The van der Waals surface area contributed by atoms with Crippen molar-refractivity contribution in [2.24, 2.45) is 0 Å². The fourth-order valence-corrected chi connectivity index (χ4v) is 5.27. The zero-order chi connectivity index (χ0) is 18.7. The Morgan fingerprint density at radius 3 is 2.12 bits per heavy atom. The molecule has 1 aliphatic rings. The highest BCUT2D eigenvalue weighted by molar-refractivity contribution is 7.89. The molecule has 0 aromatic heterocycles. The van der Waals surface area contributed by atoms with Crippen LogP contribution in [0.5, 0.6) is 0 Å². The van der Waals surface area contributed by atoms with Crippen molar-refractivity contribution in [3.05, 3.63) is 24.3 Å². The maximum Gasteiger partial charge on any atom is 0.243 e. The molecule has 140 valence electrons. The molecular formula is C15H23N3O5S2. The number of sulfonamides is 2. The van der Waals surface area contributed by atoms with Gasteiger partial charge in [0.2, 0.25) is 26.0 Å². The monoisotopic (exact) mass is 389 g/mol. The number of hydrogen-bond acceptors (Lipinski definition) is 5. The summed E-state index contributed by atoms with van der Waals surface area (Å²) in [7, 11) is -7.51. The van der Waals surface area contributed by atoms with E-state index in [1.54, 1.807) is 6.92 Å². The van der Waals surface area contributed by atoms with Gasteiger partial charge in [-0.05, 0) is 51.0 Å². The summed E-state index contributed by atoms with van der Waals surface area (Å²) in [5.74, 6) is -0.431. The highest BCUT2D eigenvalue weighted by Gasteiger charge is 2.28. The molecule has 1 aliphatic heterocycles. The summed E-state index contributed by atoms with van der Waals surface area (Å²) in [4.78, 5) is 11.6. The molecule has 0 bridgehead atoms. The number of hydrogen-bond donors (Lipinski definition) is 2.